The van der Waals surface area contributed by atoms with Gasteiger partial charge in [-0.3, -0.25) is 0 Å². The number of carboxylic acids is 1. The molecule has 6 heterocycles. The average molecular weight is 1200 g/mol. The highest BCUT2D eigenvalue weighted by atomic mass is 79.9. The summed E-state index contributed by atoms with van der Waals surface area (Å²) in [6.07, 6.45) is 1.51. The van der Waals surface area contributed by atoms with E-state index in [2.05, 4.69) is 31.2 Å². The van der Waals surface area contributed by atoms with Crippen molar-refractivity contribution >= 4 is 91.0 Å². The standard InChI is InChI=1S/C20H19N3O3.C19H17N3O3.C16H11BrN2O2.C4H9NO.CH4O.CH4.ClH/c1-26-20(25)14-7-8-16-17(11-14)22-19(23-10-9-15(24)12-23)18(21-16)13-5-3-2-4-6-13;23-14-8-9-22(11-14)18-17(12-4-2-1-3-5-12)20-15-7-6-13(19(24)25)10-16(15)21-18;1-21-16(20)11-7-8-12-13(9-11)19-15(17)14(18-12)10-5-3-2-4-6-10;6-4-1-2-5-3-4;1-2;;/h2-8,11,15,24H,9-10,12H2,1H3;1-7,10,14,23H,8-9,11H2,(H,24,25);2-9H,1H3;4-6H,1-3H2;2H,1H3;1H4;1H/t15-;14-;;4-;;;/m00.0.../s1. The number of hydrogen-bond donors (Lipinski definition) is 6. The Bertz CT molecular complexity index is 3590. The number of rotatable bonds is 8. The molecule has 3 aromatic heterocycles. The first kappa shape index (κ1) is 63.1. The van der Waals surface area contributed by atoms with Crippen molar-refractivity contribution < 1.29 is 49.4 Å². The smallest absolute Gasteiger partial charge is 0.337 e. The number of carbonyl (C=O) groups is 3. The van der Waals surface area contributed by atoms with Gasteiger partial charge in [0.2, 0.25) is 0 Å². The lowest BCUT2D eigenvalue weighted by atomic mass is 10.1. The Morgan fingerprint density at radius 2 is 0.890 bits per heavy atom. The number of aliphatic hydroxyl groups excluding tert-OH is 4. The van der Waals surface area contributed by atoms with Crippen molar-refractivity contribution in [2.24, 2.45) is 0 Å². The summed E-state index contributed by atoms with van der Waals surface area (Å²) in [6, 6.07) is 44.5. The minimum absolute atomic E-state index is 0. The van der Waals surface area contributed by atoms with E-state index in [9.17, 15) is 29.7 Å². The zero-order valence-corrected chi connectivity index (χ0v) is 47.0. The van der Waals surface area contributed by atoms with Crippen LogP contribution in [0.5, 0.6) is 0 Å². The summed E-state index contributed by atoms with van der Waals surface area (Å²) in [5.74, 6) is -0.380. The number of hydrogen-bond acceptors (Lipinski definition) is 18. The van der Waals surface area contributed by atoms with Gasteiger partial charge in [0.15, 0.2) is 11.6 Å². The molecular formula is C61H65BrClN9O10. The third-order valence-corrected chi connectivity index (χ3v) is 13.7. The number of carboxylic acid groups (broad SMARTS) is 1. The molecule has 19 nitrogen and oxygen atoms in total. The quantitative estimate of drug-likeness (QED) is 0.0775. The first-order valence-corrected chi connectivity index (χ1v) is 26.5. The molecule has 3 atom stereocenters. The topological polar surface area (TPSA) is 267 Å². The van der Waals surface area contributed by atoms with Crippen LogP contribution in [0.4, 0.5) is 11.6 Å². The van der Waals surface area contributed by atoms with Gasteiger partial charge in [-0.15, -0.1) is 12.4 Å². The molecule has 0 bridgehead atoms. The Kier molecular flexibility index (Phi) is 23.2. The van der Waals surface area contributed by atoms with E-state index in [0.717, 1.165) is 78.3 Å². The maximum atomic E-state index is 11.8. The summed E-state index contributed by atoms with van der Waals surface area (Å²) in [6.45, 7) is 4.22. The lowest BCUT2D eigenvalue weighted by Crippen LogP contribution is -2.23. The largest absolute Gasteiger partial charge is 0.478 e. The first-order chi connectivity index (χ1) is 38.8. The number of carbonyl (C=O) groups excluding carboxylic acids is 2. The Hall–Kier alpha value is -8.08. The maximum Gasteiger partial charge on any atom is 0.337 e. The van der Waals surface area contributed by atoms with Gasteiger partial charge in [0.1, 0.15) is 21.7 Å². The van der Waals surface area contributed by atoms with Gasteiger partial charge in [-0.1, -0.05) is 98.4 Å². The minimum atomic E-state index is -0.992. The molecule has 0 aliphatic carbocycles. The van der Waals surface area contributed by atoms with Crippen molar-refractivity contribution in [3.63, 3.8) is 0 Å². The number of aliphatic hydroxyl groups is 4. The molecule has 0 radical (unpaired) electrons. The third-order valence-electron chi connectivity index (χ3n) is 13.1. The van der Waals surface area contributed by atoms with E-state index in [4.69, 9.17) is 39.6 Å². The number of benzene rings is 6. The second-order valence-electron chi connectivity index (χ2n) is 18.6. The zero-order valence-electron chi connectivity index (χ0n) is 44.6. The SMILES string of the molecule is C.CO.COC(=O)c1ccc2nc(-c3ccccc3)c(Br)nc2c1.COC(=O)c1ccc2nc(-c3ccccc3)c(N3CC[C@H](O)C3)nc2c1.Cl.O=C(O)c1ccc2nc(-c3ccccc3)c(N3CC[C@H](O)C3)nc2c1.O[C@H]1CCNC1. The van der Waals surface area contributed by atoms with Gasteiger partial charge in [0, 0.05) is 56.5 Å². The fourth-order valence-corrected chi connectivity index (χ4v) is 9.56. The van der Waals surface area contributed by atoms with Crippen LogP contribution in [0.15, 0.2) is 150 Å². The summed E-state index contributed by atoms with van der Waals surface area (Å²) < 4.78 is 10.1. The molecule has 428 valence electrons. The van der Waals surface area contributed by atoms with E-state index in [0.29, 0.717) is 81.6 Å². The normalized spacial score (nSPS) is 15.9. The minimum Gasteiger partial charge on any atom is -0.478 e. The van der Waals surface area contributed by atoms with Gasteiger partial charge in [-0.2, -0.15) is 0 Å². The second-order valence-corrected chi connectivity index (χ2v) is 19.3. The molecule has 3 aliphatic rings. The number of fused-ring (bicyclic) bond motifs is 3. The number of nitrogens with zero attached hydrogens (tertiary/aromatic N) is 8. The molecule has 0 amide bonds. The monoisotopic (exact) mass is 1200 g/mol. The molecule has 6 aromatic carbocycles. The Labute approximate surface area is 489 Å². The third kappa shape index (κ3) is 15.7. The summed E-state index contributed by atoms with van der Waals surface area (Å²) >= 11 is 3.44. The predicted molar refractivity (Wildman–Crippen MR) is 324 cm³/mol. The average Bonchev–Trinajstić information content (AvgIpc) is 3.96. The van der Waals surface area contributed by atoms with Crippen LogP contribution in [0.25, 0.3) is 66.9 Å². The number of methoxy groups -OCH3 is 2. The van der Waals surface area contributed by atoms with Crippen LogP contribution in [0.2, 0.25) is 0 Å². The first-order valence-electron chi connectivity index (χ1n) is 25.7. The van der Waals surface area contributed by atoms with Gasteiger partial charge in [-0.25, -0.2) is 44.3 Å². The number of aromatic carboxylic acids is 1. The van der Waals surface area contributed by atoms with Crippen LogP contribution >= 0.6 is 28.3 Å². The Morgan fingerprint density at radius 1 is 0.512 bits per heavy atom. The molecule has 0 spiro atoms. The summed E-state index contributed by atoms with van der Waals surface area (Å²) in [5.41, 5.74) is 10.1. The molecular weight excluding hydrogens is 1130 g/mol. The van der Waals surface area contributed by atoms with Gasteiger partial charge in [-0.05, 0) is 96.3 Å². The van der Waals surface area contributed by atoms with E-state index in [1.54, 1.807) is 42.5 Å². The molecule has 6 N–H and O–H groups in total. The summed E-state index contributed by atoms with van der Waals surface area (Å²) in [4.78, 5) is 66.8. The number of ether oxygens (including phenoxy) is 2. The van der Waals surface area contributed by atoms with Gasteiger partial charge < -0.3 is 50.1 Å². The number of nitrogens with one attached hydrogen (secondary N) is 1. The van der Waals surface area contributed by atoms with Crippen LogP contribution in [0.1, 0.15) is 57.8 Å². The lowest BCUT2D eigenvalue weighted by molar-refractivity contribution is 0.0592. The molecule has 21 heteroatoms. The van der Waals surface area contributed by atoms with E-state index in [1.807, 2.05) is 101 Å². The van der Waals surface area contributed by atoms with Gasteiger partial charge >= 0.3 is 17.9 Å². The fraction of sp³-hybridized carbons (Fsp3) is 0.262. The fourth-order valence-electron chi connectivity index (χ4n) is 9.05. The molecule has 3 aliphatic heterocycles. The van der Waals surface area contributed by atoms with Crippen molar-refractivity contribution in [2.75, 3.05) is 70.4 Å². The molecule has 0 unspecified atom stereocenters. The summed E-state index contributed by atoms with van der Waals surface area (Å²) in [5, 5.41) is 47.7. The molecule has 12 rings (SSSR count). The number of anilines is 2. The summed E-state index contributed by atoms with van der Waals surface area (Å²) in [7, 11) is 3.71. The van der Waals surface area contributed by atoms with E-state index < -0.39 is 11.9 Å². The van der Waals surface area contributed by atoms with Crippen LogP contribution in [-0.4, -0.2) is 152 Å². The highest BCUT2D eigenvalue weighted by Gasteiger charge is 2.27. The maximum absolute atomic E-state index is 11.8. The van der Waals surface area contributed by atoms with Crippen molar-refractivity contribution in [1.82, 2.24) is 35.2 Å². The van der Waals surface area contributed by atoms with Crippen LogP contribution in [0, 0.1) is 0 Å². The number of halogens is 2. The van der Waals surface area contributed by atoms with Gasteiger partial charge in [0.25, 0.3) is 0 Å². The Morgan fingerprint density at radius 3 is 1.23 bits per heavy atom. The highest BCUT2D eigenvalue weighted by Crippen LogP contribution is 2.34. The highest BCUT2D eigenvalue weighted by molar-refractivity contribution is 9.10. The molecule has 9 aromatic rings. The number of aromatic nitrogens is 6. The molecule has 0 saturated carbocycles. The number of β-amino-alcohol motifs (C(OH)–C–C–N with tert-alkyl or cyclic N) is 3. The lowest BCUT2D eigenvalue weighted by Gasteiger charge is -2.20. The molecule has 3 fully saturated rings. The van der Waals surface area contributed by atoms with Crippen LogP contribution in [-0.2, 0) is 9.47 Å². The number of esters is 2. The molecule has 3 saturated heterocycles. The predicted octanol–water partition coefficient (Wildman–Crippen LogP) is 9.07. The van der Waals surface area contributed by atoms with Crippen molar-refractivity contribution in [1.29, 1.82) is 0 Å². The van der Waals surface area contributed by atoms with E-state index in [1.165, 1.54) is 26.4 Å². The molecule has 82 heavy (non-hydrogen) atoms. The van der Waals surface area contributed by atoms with Crippen LogP contribution < -0.4 is 15.1 Å². The van der Waals surface area contributed by atoms with E-state index >= 15 is 0 Å². The van der Waals surface area contributed by atoms with Crippen molar-refractivity contribution in [2.45, 2.75) is 45.0 Å². The van der Waals surface area contributed by atoms with Gasteiger partial charge in [0.05, 0.1) is 82.3 Å². The van der Waals surface area contributed by atoms with Crippen molar-refractivity contribution in [3.8, 4) is 33.8 Å². The van der Waals surface area contributed by atoms with Crippen molar-refractivity contribution in [3.05, 3.63) is 167 Å². The van der Waals surface area contributed by atoms with Crippen LogP contribution in [0.3, 0.4) is 0 Å². The van der Waals surface area contributed by atoms with E-state index in [-0.39, 0.29) is 49.7 Å². The Balaban J connectivity index is 0.000000184. The second kappa shape index (κ2) is 30.1. The zero-order chi connectivity index (χ0) is 56.7.